The zero-order valence-electron chi connectivity index (χ0n) is 13.8. The molecule has 0 saturated carbocycles. The lowest BCUT2D eigenvalue weighted by atomic mass is 9.99. The number of fused-ring (bicyclic) bond motifs is 2. The monoisotopic (exact) mass is 311 g/mol. The molecular formula is C18H21N3O2. The number of carbonyl (C=O) groups is 1. The molecule has 0 bridgehead atoms. The Morgan fingerprint density at radius 1 is 1.17 bits per heavy atom. The molecule has 0 unspecified atom stereocenters. The molecule has 2 aromatic rings. The van der Waals surface area contributed by atoms with Gasteiger partial charge in [0.05, 0.1) is 16.6 Å². The highest BCUT2D eigenvalue weighted by atomic mass is 16.2. The van der Waals surface area contributed by atoms with E-state index in [1.807, 2.05) is 52.0 Å². The Hall–Kier alpha value is -2.43. The molecule has 1 amide bonds. The van der Waals surface area contributed by atoms with Crippen molar-refractivity contribution in [2.75, 3.05) is 0 Å². The molecule has 1 aromatic carbocycles. The summed E-state index contributed by atoms with van der Waals surface area (Å²) in [5.41, 5.74) is 1.11. The molecule has 0 saturated heterocycles. The first-order valence-corrected chi connectivity index (χ1v) is 7.94. The number of nitrogens with zero attached hydrogens (tertiary/aromatic N) is 2. The average Bonchev–Trinajstić information content (AvgIpc) is 2.47. The van der Waals surface area contributed by atoms with Crippen molar-refractivity contribution in [2.45, 2.75) is 33.7 Å². The molecule has 5 nitrogen and oxygen atoms in total. The fourth-order valence-corrected chi connectivity index (χ4v) is 3.02. The van der Waals surface area contributed by atoms with Gasteiger partial charge in [-0.2, -0.15) is 0 Å². The van der Waals surface area contributed by atoms with Crippen molar-refractivity contribution in [1.29, 1.82) is 0 Å². The Bertz CT molecular complexity index is 862. The molecule has 0 spiro atoms. The van der Waals surface area contributed by atoms with Crippen molar-refractivity contribution < 1.29 is 4.79 Å². The third-order valence-electron chi connectivity index (χ3n) is 3.98. The minimum absolute atomic E-state index is 0.00462. The molecule has 0 fully saturated rings. The van der Waals surface area contributed by atoms with E-state index in [-0.39, 0.29) is 23.3 Å². The summed E-state index contributed by atoms with van der Waals surface area (Å²) >= 11 is 0. The zero-order chi connectivity index (χ0) is 16.7. The average molecular weight is 311 g/mol. The summed E-state index contributed by atoms with van der Waals surface area (Å²) in [5, 5.41) is 3.47. The van der Waals surface area contributed by atoms with E-state index in [9.17, 15) is 9.59 Å². The van der Waals surface area contributed by atoms with Gasteiger partial charge in [0.2, 0.25) is 5.91 Å². The zero-order valence-corrected chi connectivity index (χ0v) is 13.8. The van der Waals surface area contributed by atoms with Crippen LogP contribution in [0.4, 0.5) is 0 Å². The lowest BCUT2D eigenvalue weighted by Crippen LogP contribution is -2.46. The van der Waals surface area contributed by atoms with Crippen LogP contribution in [0.25, 0.3) is 16.6 Å². The molecule has 3 rings (SSSR count). The van der Waals surface area contributed by atoms with Gasteiger partial charge in [-0.3, -0.25) is 14.2 Å². The largest absolute Gasteiger partial charge is 0.321 e. The second kappa shape index (κ2) is 5.65. The highest BCUT2D eigenvalue weighted by Gasteiger charge is 2.34. The number of rotatable bonds is 2. The Balaban J connectivity index is 2.39. The van der Waals surface area contributed by atoms with Crippen molar-refractivity contribution in [3.63, 3.8) is 0 Å². The molecule has 2 heterocycles. The summed E-state index contributed by atoms with van der Waals surface area (Å²) in [4.78, 5) is 30.2. The SMILES string of the molecule is CC(C)C=C1NC(=O)[C@H](C(C)C)n2c1nc1ccccc1c2=O. The number of aromatic nitrogens is 2. The van der Waals surface area contributed by atoms with Gasteiger partial charge >= 0.3 is 0 Å². The standard InChI is InChI=1S/C18H21N3O2/c1-10(2)9-14-16-19-13-8-6-5-7-12(13)18(23)21(16)15(11(3)4)17(22)20-14/h5-11,15H,1-4H3,(H,20,22)/t15-/m0/s1. The lowest BCUT2D eigenvalue weighted by Gasteiger charge is -2.31. The van der Waals surface area contributed by atoms with Gasteiger partial charge in [0.1, 0.15) is 6.04 Å². The van der Waals surface area contributed by atoms with E-state index in [0.717, 1.165) is 0 Å². The molecule has 0 aliphatic carbocycles. The van der Waals surface area contributed by atoms with Crippen LogP contribution in [0.2, 0.25) is 0 Å². The van der Waals surface area contributed by atoms with Crippen LogP contribution in [0.15, 0.2) is 35.1 Å². The second-order valence-corrected chi connectivity index (χ2v) is 6.63. The van der Waals surface area contributed by atoms with Crippen LogP contribution in [0.5, 0.6) is 0 Å². The highest BCUT2D eigenvalue weighted by Crippen LogP contribution is 2.27. The molecule has 1 aromatic heterocycles. The van der Waals surface area contributed by atoms with Gasteiger partial charge in [-0.15, -0.1) is 0 Å². The fourth-order valence-electron chi connectivity index (χ4n) is 3.02. The van der Waals surface area contributed by atoms with Crippen molar-refractivity contribution in [3.8, 4) is 0 Å². The molecule has 1 aliphatic rings. The molecule has 5 heteroatoms. The normalized spacial score (nSPS) is 19.5. The summed E-state index contributed by atoms with van der Waals surface area (Å²) in [6.07, 6.45) is 1.93. The second-order valence-electron chi connectivity index (χ2n) is 6.63. The smallest absolute Gasteiger partial charge is 0.262 e. The number of allylic oxidation sites excluding steroid dienone is 1. The summed E-state index contributed by atoms with van der Waals surface area (Å²) in [5.74, 6) is 0.618. The Kier molecular flexibility index (Phi) is 3.80. The van der Waals surface area contributed by atoms with Crippen LogP contribution in [-0.4, -0.2) is 15.5 Å². The van der Waals surface area contributed by atoms with Crippen molar-refractivity contribution >= 4 is 22.5 Å². The third-order valence-corrected chi connectivity index (χ3v) is 3.98. The van der Waals surface area contributed by atoms with Gasteiger partial charge in [0.25, 0.3) is 5.56 Å². The molecule has 1 atom stereocenters. The predicted octanol–water partition coefficient (Wildman–Crippen LogP) is 2.72. The van der Waals surface area contributed by atoms with E-state index >= 15 is 0 Å². The minimum Gasteiger partial charge on any atom is -0.321 e. The van der Waals surface area contributed by atoms with E-state index in [1.165, 1.54) is 0 Å². The first kappa shape index (κ1) is 15.5. The minimum atomic E-state index is -0.543. The number of amides is 1. The van der Waals surface area contributed by atoms with Crippen molar-refractivity contribution in [1.82, 2.24) is 14.9 Å². The maximum atomic E-state index is 13.0. The number of para-hydroxylation sites is 1. The third kappa shape index (κ3) is 2.56. The van der Waals surface area contributed by atoms with Gasteiger partial charge in [0, 0.05) is 0 Å². The maximum absolute atomic E-state index is 13.0. The van der Waals surface area contributed by atoms with Gasteiger partial charge in [-0.05, 0) is 24.0 Å². The van der Waals surface area contributed by atoms with E-state index in [4.69, 9.17) is 0 Å². The predicted molar refractivity (Wildman–Crippen MR) is 90.8 cm³/mol. The number of nitrogens with one attached hydrogen (secondary N) is 1. The van der Waals surface area contributed by atoms with Crippen LogP contribution >= 0.6 is 0 Å². The van der Waals surface area contributed by atoms with Gasteiger partial charge in [0.15, 0.2) is 5.82 Å². The first-order chi connectivity index (χ1) is 10.9. The van der Waals surface area contributed by atoms with E-state index in [0.29, 0.717) is 22.4 Å². The number of hydrogen-bond donors (Lipinski definition) is 1. The van der Waals surface area contributed by atoms with Crippen molar-refractivity contribution in [2.24, 2.45) is 11.8 Å². The van der Waals surface area contributed by atoms with E-state index < -0.39 is 6.04 Å². The summed E-state index contributed by atoms with van der Waals surface area (Å²) < 4.78 is 1.56. The molecule has 23 heavy (non-hydrogen) atoms. The summed E-state index contributed by atoms with van der Waals surface area (Å²) in [6, 6.07) is 6.72. The van der Waals surface area contributed by atoms with Gasteiger partial charge in [-0.1, -0.05) is 45.9 Å². The first-order valence-electron chi connectivity index (χ1n) is 7.94. The maximum Gasteiger partial charge on any atom is 0.262 e. The molecule has 0 radical (unpaired) electrons. The summed E-state index contributed by atoms with van der Waals surface area (Å²) in [7, 11) is 0. The highest BCUT2D eigenvalue weighted by molar-refractivity contribution is 5.93. The van der Waals surface area contributed by atoms with Crippen LogP contribution in [0.1, 0.15) is 39.6 Å². The molecule has 1 N–H and O–H groups in total. The summed E-state index contributed by atoms with van der Waals surface area (Å²) in [6.45, 7) is 7.92. The Labute approximate surface area is 135 Å². The Morgan fingerprint density at radius 3 is 2.52 bits per heavy atom. The topological polar surface area (TPSA) is 64.0 Å². The van der Waals surface area contributed by atoms with E-state index in [2.05, 4.69) is 10.3 Å². The van der Waals surface area contributed by atoms with Crippen LogP contribution in [0.3, 0.4) is 0 Å². The lowest BCUT2D eigenvalue weighted by molar-refractivity contribution is -0.125. The number of hydrogen-bond acceptors (Lipinski definition) is 3. The van der Waals surface area contributed by atoms with Gasteiger partial charge in [-0.25, -0.2) is 4.98 Å². The molecule has 1 aliphatic heterocycles. The van der Waals surface area contributed by atoms with Crippen molar-refractivity contribution in [3.05, 3.63) is 46.5 Å². The van der Waals surface area contributed by atoms with Crippen LogP contribution in [0, 0.1) is 11.8 Å². The van der Waals surface area contributed by atoms with E-state index in [1.54, 1.807) is 10.6 Å². The number of benzene rings is 1. The number of carbonyl (C=O) groups excluding carboxylic acids is 1. The molecular weight excluding hydrogens is 290 g/mol. The molecule has 120 valence electrons. The van der Waals surface area contributed by atoms with Gasteiger partial charge < -0.3 is 5.32 Å². The van der Waals surface area contributed by atoms with Crippen LogP contribution in [-0.2, 0) is 4.79 Å². The Morgan fingerprint density at radius 2 is 1.87 bits per heavy atom. The quantitative estimate of drug-likeness (QED) is 0.927. The van der Waals surface area contributed by atoms with Crippen LogP contribution < -0.4 is 10.9 Å². The fraction of sp³-hybridized carbons (Fsp3) is 0.389.